The quantitative estimate of drug-likeness (QED) is 0.708. The third-order valence-corrected chi connectivity index (χ3v) is 9.05. The van der Waals surface area contributed by atoms with E-state index in [4.69, 9.17) is 10.5 Å². The maximum Gasteiger partial charge on any atom is 0.185 e. The maximum absolute atomic E-state index is 14.8. The van der Waals surface area contributed by atoms with Gasteiger partial charge in [0.05, 0.1) is 19.1 Å². The Bertz CT molecular complexity index is 1170. The van der Waals surface area contributed by atoms with Crippen molar-refractivity contribution in [2.75, 3.05) is 12.9 Å². The van der Waals surface area contributed by atoms with Gasteiger partial charge in [-0.1, -0.05) is 6.07 Å². The summed E-state index contributed by atoms with van der Waals surface area (Å²) in [6.07, 6.45) is 3.11. The molecule has 1 saturated carbocycles. The third kappa shape index (κ3) is 3.50. The second kappa shape index (κ2) is 7.40. The molecule has 1 atom stereocenters. The number of Topliss-reactive ketones (excluding diaryl/α,β-unsaturated/α-hetero) is 1. The Morgan fingerprint density at radius 1 is 1.26 bits per heavy atom. The zero-order valence-electron chi connectivity index (χ0n) is 17.4. The molecule has 2 N–H and O–H groups in total. The number of sulfone groups is 1. The van der Waals surface area contributed by atoms with Gasteiger partial charge in [-0.25, -0.2) is 17.8 Å². The van der Waals surface area contributed by atoms with Crippen molar-refractivity contribution in [3.8, 4) is 5.75 Å². The number of rotatable bonds is 5. The average molecular weight is 446 g/mol. The minimum Gasteiger partial charge on any atom is -0.495 e. The number of aliphatic imine (C=N–C) groups is 1. The number of nitrogens with zero attached hydrogens (tertiary/aromatic N) is 2. The molecule has 0 saturated heterocycles. The van der Waals surface area contributed by atoms with Crippen LogP contribution in [-0.4, -0.2) is 42.6 Å². The number of ketones is 1. The van der Waals surface area contributed by atoms with Crippen LogP contribution in [0.15, 0.2) is 41.5 Å². The molecule has 2 heterocycles. The average Bonchev–Trinajstić information content (AvgIpc) is 2.67. The third-order valence-electron chi connectivity index (χ3n) is 6.30. The first-order valence-electron chi connectivity index (χ1n) is 10.0. The number of ether oxygens (including phenoxy) is 1. The van der Waals surface area contributed by atoms with Crippen molar-refractivity contribution in [2.45, 2.75) is 42.9 Å². The number of halogens is 1. The largest absolute Gasteiger partial charge is 0.495 e. The summed E-state index contributed by atoms with van der Waals surface area (Å²) in [7, 11) is -2.10. The number of amidine groups is 1. The minimum atomic E-state index is -3.60. The molecular formula is C22H24FN3O4S. The zero-order valence-corrected chi connectivity index (χ0v) is 18.2. The first kappa shape index (κ1) is 21.4. The number of hydrogen-bond donors (Lipinski definition) is 1. The summed E-state index contributed by atoms with van der Waals surface area (Å²) < 4.78 is 44.8. The highest BCUT2D eigenvalue weighted by Crippen LogP contribution is 2.47. The van der Waals surface area contributed by atoms with Crippen molar-refractivity contribution >= 4 is 21.5 Å². The van der Waals surface area contributed by atoms with Gasteiger partial charge in [-0.15, -0.1) is 0 Å². The van der Waals surface area contributed by atoms with E-state index < -0.39 is 25.9 Å². The number of carbonyl (C=O) groups excluding carboxylic acids is 1. The van der Waals surface area contributed by atoms with Crippen LogP contribution in [0.25, 0.3) is 0 Å². The Labute approximate surface area is 180 Å². The van der Waals surface area contributed by atoms with Gasteiger partial charge < -0.3 is 10.5 Å². The van der Waals surface area contributed by atoms with Crippen LogP contribution in [0, 0.1) is 5.82 Å². The number of aromatic nitrogens is 1. The van der Waals surface area contributed by atoms with Gasteiger partial charge in [0, 0.05) is 12.0 Å². The van der Waals surface area contributed by atoms with E-state index in [1.54, 1.807) is 19.1 Å². The molecule has 0 unspecified atom stereocenters. The summed E-state index contributed by atoms with van der Waals surface area (Å²) in [5.74, 6) is -0.576. The van der Waals surface area contributed by atoms with Crippen LogP contribution in [0.1, 0.15) is 47.8 Å². The molecule has 7 nitrogen and oxygen atoms in total. The van der Waals surface area contributed by atoms with E-state index in [0.29, 0.717) is 24.2 Å². The number of pyridine rings is 1. The zero-order chi connectivity index (χ0) is 22.4. The van der Waals surface area contributed by atoms with Crippen LogP contribution in [0.5, 0.6) is 5.75 Å². The second-order valence-electron chi connectivity index (χ2n) is 8.38. The van der Waals surface area contributed by atoms with E-state index in [0.717, 1.165) is 6.42 Å². The van der Waals surface area contributed by atoms with E-state index in [1.165, 1.54) is 31.5 Å². The van der Waals surface area contributed by atoms with E-state index in [1.807, 2.05) is 0 Å². The Morgan fingerprint density at radius 2 is 2.00 bits per heavy atom. The number of hydrogen-bond acceptors (Lipinski definition) is 7. The number of methoxy groups -OCH3 is 1. The summed E-state index contributed by atoms with van der Waals surface area (Å²) in [5.41, 5.74) is 5.66. The van der Waals surface area contributed by atoms with Crippen molar-refractivity contribution in [2.24, 2.45) is 10.7 Å². The summed E-state index contributed by atoms with van der Waals surface area (Å²) in [6.45, 7) is 1.57. The van der Waals surface area contributed by atoms with Gasteiger partial charge in [0.2, 0.25) is 0 Å². The van der Waals surface area contributed by atoms with Gasteiger partial charge in [-0.2, -0.15) is 0 Å². The van der Waals surface area contributed by atoms with Gasteiger partial charge in [0.25, 0.3) is 0 Å². The molecule has 1 fully saturated rings. The topological polar surface area (TPSA) is 112 Å². The van der Waals surface area contributed by atoms with Crippen LogP contribution >= 0.6 is 0 Å². The fourth-order valence-corrected chi connectivity index (χ4v) is 6.82. The van der Waals surface area contributed by atoms with Crippen LogP contribution in [0.4, 0.5) is 4.39 Å². The van der Waals surface area contributed by atoms with Gasteiger partial charge in [-0.05, 0) is 56.0 Å². The highest BCUT2D eigenvalue weighted by molar-refractivity contribution is 7.93. The highest BCUT2D eigenvalue weighted by Gasteiger charge is 2.58. The Balaban J connectivity index is 1.65. The molecule has 1 aromatic heterocycles. The van der Waals surface area contributed by atoms with Crippen LogP contribution in [0.2, 0.25) is 0 Å². The smallest absolute Gasteiger partial charge is 0.185 e. The predicted octanol–water partition coefficient (Wildman–Crippen LogP) is 2.58. The van der Waals surface area contributed by atoms with Crippen LogP contribution in [-0.2, 0) is 21.8 Å². The lowest BCUT2D eigenvalue weighted by Gasteiger charge is -2.46. The number of benzene rings is 1. The fourth-order valence-electron chi connectivity index (χ4n) is 4.31. The number of carbonyl (C=O) groups is 1. The van der Waals surface area contributed by atoms with Gasteiger partial charge in [0.1, 0.15) is 33.4 Å². The molecule has 2 aliphatic rings. The standard InChI is InChI=1S/C22H24FN3O4S/c1-21(13-31(28,29)22(8-3-9-22)20(24)26-21)16-10-14(4-6-17(16)23)11-19(27)18-7-5-15(30-2)12-25-18/h4-7,10,12H,3,8-9,11,13H2,1-2H3,(H2,24,26)/t21-/m0/s1. The lowest BCUT2D eigenvalue weighted by Crippen LogP contribution is -2.61. The first-order valence-corrected chi connectivity index (χ1v) is 11.7. The van der Waals surface area contributed by atoms with E-state index in [-0.39, 0.29) is 35.0 Å². The molecule has 0 radical (unpaired) electrons. The fraction of sp³-hybridized carbons (Fsp3) is 0.409. The van der Waals surface area contributed by atoms with Crippen molar-refractivity contribution in [1.29, 1.82) is 0 Å². The molecule has 1 spiro atoms. The van der Waals surface area contributed by atoms with Crippen LogP contribution < -0.4 is 10.5 Å². The summed E-state index contributed by atoms with van der Waals surface area (Å²) >= 11 is 0. The molecule has 1 aliphatic carbocycles. The predicted molar refractivity (Wildman–Crippen MR) is 115 cm³/mol. The normalized spacial score (nSPS) is 23.6. The number of nitrogens with two attached hydrogens (primary N) is 1. The lowest BCUT2D eigenvalue weighted by atomic mass is 9.82. The van der Waals surface area contributed by atoms with E-state index in [2.05, 4.69) is 9.98 Å². The minimum absolute atomic E-state index is 0.0153. The van der Waals surface area contributed by atoms with Crippen molar-refractivity contribution in [3.05, 3.63) is 59.2 Å². The summed E-state index contributed by atoms with van der Waals surface area (Å²) in [5, 5.41) is 0. The molecule has 0 bridgehead atoms. The molecule has 1 aliphatic heterocycles. The van der Waals surface area contributed by atoms with Gasteiger partial charge >= 0.3 is 0 Å². The van der Waals surface area contributed by atoms with Crippen molar-refractivity contribution in [1.82, 2.24) is 4.98 Å². The monoisotopic (exact) mass is 445 g/mol. The van der Waals surface area contributed by atoms with Gasteiger partial charge in [0.15, 0.2) is 15.6 Å². The Hall–Kier alpha value is -2.81. The van der Waals surface area contributed by atoms with Crippen LogP contribution in [0.3, 0.4) is 0 Å². The molecule has 4 rings (SSSR count). The molecule has 9 heteroatoms. The molecule has 164 valence electrons. The van der Waals surface area contributed by atoms with E-state index >= 15 is 0 Å². The Kier molecular flexibility index (Phi) is 5.12. The van der Waals surface area contributed by atoms with Crippen molar-refractivity contribution < 1.29 is 22.3 Å². The first-order chi connectivity index (χ1) is 14.6. The second-order valence-corrected chi connectivity index (χ2v) is 10.7. The molecule has 2 aromatic rings. The SMILES string of the molecule is COc1ccc(C(=O)Cc2ccc(F)c([C@]3(C)CS(=O)(=O)C4(CCC4)C(N)=N3)c2)nc1. The lowest BCUT2D eigenvalue weighted by molar-refractivity contribution is 0.0988. The highest BCUT2D eigenvalue weighted by atomic mass is 32.2. The van der Waals surface area contributed by atoms with Crippen molar-refractivity contribution in [3.63, 3.8) is 0 Å². The molecular weight excluding hydrogens is 421 g/mol. The molecule has 0 amide bonds. The molecule has 1 aromatic carbocycles. The summed E-state index contributed by atoms with van der Waals surface area (Å²) in [6, 6.07) is 7.43. The maximum atomic E-state index is 14.8. The van der Waals surface area contributed by atoms with E-state index in [9.17, 15) is 17.6 Å². The summed E-state index contributed by atoms with van der Waals surface area (Å²) in [4.78, 5) is 21.2. The Morgan fingerprint density at radius 3 is 2.55 bits per heavy atom. The van der Waals surface area contributed by atoms with Gasteiger partial charge in [-0.3, -0.25) is 9.79 Å². The molecule has 31 heavy (non-hydrogen) atoms.